The smallest absolute Gasteiger partial charge is 0.191 e. The van der Waals surface area contributed by atoms with Crippen LogP contribution in [0.4, 0.5) is 10.1 Å². The minimum Gasteiger partial charge on any atom is -0.342 e. The van der Waals surface area contributed by atoms with E-state index < -0.39 is 0 Å². The van der Waals surface area contributed by atoms with Gasteiger partial charge < -0.3 is 9.88 Å². The summed E-state index contributed by atoms with van der Waals surface area (Å²) in [5.74, 6) is -0.216. The number of halogens is 1. The van der Waals surface area contributed by atoms with Crippen molar-refractivity contribution in [2.24, 2.45) is 5.10 Å². The number of nitrogens with one attached hydrogen (secondary N) is 2. The lowest BCUT2D eigenvalue weighted by Crippen LogP contribution is -2.24. The van der Waals surface area contributed by atoms with Crippen LogP contribution in [0.25, 0.3) is 0 Å². The second kappa shape index (κ2) is 8.60. The maximum absolute atomic E-state index is 13.9. The van der Waals surface area contributed by atoms with Gasteiger partial charge in [-0.25, -0.2) is 4.39 Å². The molecule has 0 fully saturated rings. The second-order valence-electron chi connectivity index (χ2n) is 6.24. The molecular weight excluding hydrogens is 359 g/mol. The van der Waals surface area contributed by atoms with Crippen molar-refractivity contribution in [1.82, 2.24) is 9.99 Å². The zero-order chi connectivity index (χ0) is 19.2. The molecule has 2 N–H and O–H groups in total. The zero-order valence-corrected chi connectivity index (χ0v) is 16.1. The lowest BCUT2D eigenvalue weighted by atomic mass is 10.1. The lowest BCUT2D eigenvalue weighted by Gasteiger charge is -2.12. The number of para-hydroxylation sites is 1. The van der Waals surface area contributed by atoms with Crippen LogP contribution in [0.3, 0.4) is 0 Å². The highest BCUT2D eigenvalue weighted by molar-refractivity contribution is 7.80. The Morgan fingerprint density at radius 1 is 1.07 bits per heavy atom. The van der Waals surface area contributed by atoms with Gasteiger partial charge in [-0.2, -0.15) is 5.10 Å². The van der Waals surface area contributed by atoms with Crippen molar-refractivity contribution < 1.29 is 4.39 Å². The molecule has 0 aliphatic rings. The summed E-state index contributed by atoms with van der Waals surface area (Å²) >= 11 is 5.31. The molecule has 138 valence electrons. The summed E-state index contributed by atoms with van der Waals surface area (Å²) in [6.07, 6.45) is 3.56. The molecule has 0 aliphatic heterocycles. The third-order valence-corrected chi connectivity index (χ3v) is 4.44. The van der Waals surface area contributed by atoms with Gasteiger partial charge in [-0.05, 0) is 55.4 Å². The molecule has 0 atom stereocenters. The molecule has 1 heterocycles. The second-order valence-corrected chi connectivity index (χ2v) is 6.65. The molecule has 27 heavy (non-hydrogen) atoms. The minimum atomic E-state index is -0.216. The first kappa shape index (κ1) is 18.8. The largest absolute Gasteiger partial charge is 0.342 e. The van der Waals surface area contributed by atoms with Crippen LogP contribution in [0.1, 0.15) is 22.4 Å². The van der Waals surface area contributed by atoms with Crippen molar-refractivity contribution in [1.29, 1.82) is 0 Å². The predicted octanol–water partition coefficient (Wildman–Crippen LogP) is 4.61. The van der Waals surface area contributed by atoms with Crippen molar-refractivity contribution >= 4 is 29.2 Å². The molecular formula is C21H21FN4S. The zero-order valence-electron chi connectivity index (χ0n) is 15.2. The summed E-state index contributed by atoms with van der Waals surface area (Å²) in [7, 11) is 0. The Morgan fingerprint density at radius 2 is 1.81 bits per heavy atom. The molecule has 6 heteroatoms. The van der Waals surface area contributed by atoms with Gasteiger partial charge in [-0.1, -0.05) is 36.4 Å². The van der Waals surface area contributed by atoms with Crippen LogP contribution in [-0.2, 0) is 6.54 Å². The van der Waals surface area contributed by atoms with Gasteiger partial charge in [-0.3, -0.25) is 5.43 Å². The Morgan fingerprint density at radius 3 is 2.56 bits per heavy atom. The topological polar surface area (TPSA) is 41.4 Å². The Labute approximate surface area is 163 Å². The number of rotatable bonds is 5. The Bertz CT molecular complexity index is 958. The molecule has 4 nitrogen and oxygen atoms in total. The summed E-state index contributed by atoms with van der Waals surface area (Å²) in [5, 5.41) is 7.78. The van der Waals surface area contributed by atoms with Crippen LogP contribution in [0.15, 0.2) is 65.9 Å². The van der Waals surface area contributed by atoms with Crippen LogP contribution in [0, 0.1) is 19.7 Å². The standard InChI is InChI=1S/C21H21FN4S/c1-15-7-5-8-16(2)20(15)24-21(27)25-23-13-18-10-6-12-26(18)14-17-9-3-4-11-19(17)22/h3-13H,14H2,1-2H3,(H2,24,25,27)/b23-13-. The molecule has 0 unspecified atom stereocenters. The van der Waals surface area contributed by atoms with Crippen LogP contribution >= 0.6 is 12.2 Å². The van der Waals surface area contributed by atoms with E-state index in [0.717, 1.165) is 22.5 Å². The first-order valence-corrected chi connectivity index (χ1v) is 9.00. The monoisotopic (exact) mass is 380 g/mol. The van der Waals surface area contributed by atoms with E-state index in [1.807, 2.05) is 61.0 Å². The van der Waals surface area contributed by atoms with Crippen LogP contribution < -0.4 is 10.7 Å². The Hall–Kier alpha value is -2.99. The van der Waals surface area contributed by atoms with E-state index in [4.69, 9.17) is 12.2 Å². The maximum atomic E-state index is 13.9. The van der Waals surface area contributed by atoms with E-state index in [9.17, 15) is 4.39 Å². The van der Waals surface area contributed by atoms with Crippen LogP contribution in [0.2, 0.25) is 0 Å². The number of benzene rings is 2. The van der Waals surface area contributed by atoms with E-state index in [0.29, 0.717) is 17.2 Å². The van der Waals surface area contributed by atoms with Crippen LogP contribution in [-0.4, -0.2) is 15.9 Å². The number of hydrazone groups is 1. The van der Waals surface area contributed by atoms with Gasteiger partial charge in [0.05, 0.1) is 18.5 Å². The highest BCUT2D eigenvalue weighted by Crippen LogP contribution is 2.19. The molecule has 0 spiro atoms. The Balaban J connectivity index is 1.63. The fourth-order valence-electron chi connectivity index (χ4n) is 2.81. The molecule has 0 saturated heterocycles. The molecule has 0 radical (unpaired) electrons. The third-order valence-electron chi connectivity index (χ3n) is 4.25. The van der Waals surface area contributed by atoms with E-state index in [2.05, 4.69) is 15.8 Å². The number of nitrogens with zero attached hydrogens (tertiary/aromatic N) is 2. The van der Waals surface area contributed by atoms with Crippen molar-refractivity contribution in [2.75, 3.05) is 5.32 Å². The van der Waals surface area contributed by atoms with E-state index in [-0.39, 0.29) is 5.82 Å². The number of thiocarbonyl (C=S) groups is 1. The highest BCUT2D eigenvalue weighted by atomic mass is 32.1. The Kier molecular flexibility index (Phi) is 5.98. The van der Waals surface area contributed by atoms with Crippen molar-refractivity contribution in [3.05, 3.63) is 89.0 Å². The number of hydrogen-bond donors (Lipinski definition) is 2. The maximum Gasteiger partial charge on any atom is 0.191 e. The summed E-state index contributed by atoms with van der Waals surface area (Å²) < 4.78 is 15.8. The molecule has 0 aliphatic carbocycles. The van der Waals surface area contributed by atoms with Crippen molar-refractivity contribution in [3.63, 3.8) is 0 Å². The quantitative estimate of drug-likeness (QED) is 0.386. The van der Waals surface area contributed by atoms with E-state index >= 15 is 0 Å². The number of anilines is 1. The summed E-state index contributed by atoms with van der Waals surface area (Å²) in [5.41, 5.74) is 7.51. The SMILES string of the molecule is Cc1cccc(C)c1NC(=S)N/N=C\c1cccn1Cc1ccccc1F. The molecule has 0 amide bonds. The van der Waals surface area contributed by atoms with E-state index in [1.54, 1.807) is 18.3 Å². The van der Waals surface area contributed by atoms with Gasteiger partial charge in [-0.15, -0.1) is 0 Å². The number of hydrogen-bond acceptors (Lipinski definition) is 2. The average molecular weight is 380 g/mol. The fourth-order valence-corrected chi connectivity index (χ4v) is 2.96. The van der Waals surface area contributed by atoms with Gasteiger partial charge in [0.15, 0.2) is 5.11 Å². The molecule has 0 saturated carbocycles. The molecule has 1 aromatic heterocycles. The highest BCUT2D eigenvalue weighted by Gasteiger charge is 2.05. The number of aryl methyl sites for hydroxylation is 2. The molecule has 0 bridgehead atoms. The van der Waals surface area contributed by atoms with E-state index in [1.165, 1.54) is 6.07 Å². The predicted molar refractivity (Wildman–Crippen MR) is 113 cm³/mol. The van der Waals surface area contributed by atoms with Gasteiger partial charge in [0, 0.05) is 17.4 Å². The molecule has 3 aromatic rings. The first-order chi connectivity index (χ1) is 13.0. The van der Waals surface area contributed by atoms with Gasteiger partial charge in [0.2, 0.25) is 0 Å². The minimum absolute atomic E-state index is 0.216. The van der Waals surface area contributed by atoms with Crippen molar-refractivity contribution in [3.8, 4) is 0 Å². The van der Waals surface area contributed by atoms with Crippen LogP contribution in [0.5, 0.6) is 0 Å². The first-order valence-electron chi connectivity index (χ1n) is 8.59. The molecule has 3 rings (SSSR count). The average Bonchev–Trinajstić information content (AvgIpc) is 3.07. The lowest BCUT2D eigenvalue weighted by molar-refractivity contribution is 0.599. The molecule has 2 aromatic carbocycles. The third kappa shape index (κ3) is 4.80. The van der Waals surface area contributed by atoms with Crippen molar-refractivity contribution in [2.45, 2.75) is 20.4 Å². The summed E-state index contributed by atoms with van der Waals surface area (Å²) in [6.45, 7) is 4.49. The van der Waals surface area contributed by atoms with Gasteiger partial charge >= 0.3 is 0 Å². The number of aromatic nitrogens is 1. The normalized spacial score (nSPS) is 10.9. The fraction of sp³-hybridized carbons (Fsp3) is 0.143. The van der Waals surface area contributed by atoms with Gasteiger partial charge in [0.1, 0.15) is 5.82 Å². The summed E-state index contributed by atoms with van der Waals surface area (Å²) in [6, 6.07) is 16.6. The summed E-state index contributed by atoms with van der Waals surface area (Å²) in [4.78, 5) is 0. The van der Waals surface area contributed by atoms with Gasteiger partial charge in [0.25, 0.3) is 0 Å².